The first-order valence-corrected chi connectivity index (χ1v) is 4.06. The van der Waals surface area contributed by atoms with Gasteiger partial charge in [0.25, 0.3) is 0 Å². The Morgan fingerprint density at radius 3 is 2.18 bits per heavy atom. The molecule has 1 heterocycles. The monoisotopic (exact) mass is 175 g/mol. The maximum atomic E-state index is 10.4. The lowest BCUT2D eigenvalue weighted by Gasteiger charge is -2.02. The molecule has 3 heteroatoms. The first-order chi connectivity index (χ1) is 4.90. The zero-order valence-corrected chi connectivity index (χ0v) is 7.27. The van der Waals surface area contributed by atoms with Gasteiger partial charge in [0.1, 0.15) is 6.29 Å². The summed E-state index contributed by atoms with van der Waals surface area (Å²) in [5.41, 5.74) is 0. The molecule has 2 aliphatic rings. The Morgan fingerprint density at radius 2 is 1.73 bits per heavy atom. The van der Waals surface area contributed by atoms with Gasteiger partial charge in [-0.05, 0) is 37.8 Å². The zero-order chi connectivity index (χ0) is 6.97. The molecule has 1 saturated heterocycles. The molecule has 0 aromatic heterocycles. The van der Waals surface area contributed by atoms with Crippen LogP contribution in [0.2, 0.25) is 0 Å². The largest absolute Gasteiger partial charge is 0.316 e. The van der Waals surface area contributed by atoms with Gasteiger partial charge in [-0.3, -0.25) is 0 Å². The lowest BCUT2D eigenvalue weighted by Crippen LogP contribution is -2.12. The van der Waals surface area contributed by atoms with Crippen molar-refractivity contribution >= 4 is 18.7 Å². The lowest BCUT2D eigenvalue weighted by molar-refractivity contribution is -0.111. The predicted molar refractivity (Wildman–Crippen MR) is 45.9 cm³/mol. The molecular formula is C8H14ClNO. The van der Waals surface area contributed by atoms with Crippen molar-refractivity contribution in [3.05, 3.63) is 0 Å². The van der Waals surface area contributed by atoms with Gasteiger partial charge in [0.05, 0.1) is 0 Å². The van der Waals surface area contributed by atoms with E-state index >= 15 is 0 Å². The van der Waals surface area contributed by atoms with Crippen LogP contribution in [-0.4, -0.2) is 19.4 Å². The summed E-state index contributed by atoms with van der Waals surface area (Å²) in [6, 6.07) is 0. The van der Waals surface area contributed by atoms with Crippen molar-refractivity contribution in [1.82, 2.24) is 5.32 Å². The summed E-state index contributed by atoms with van der Waals surface area (Å²) in [5.74, 6) is 2.02. The third-order valence-corrected chi connectivity index (χ3v) is 2.88. The molecule has 2 rings (SSSR count). The fourth-order valence-corrected chi connectivity index (χ4v) is 2.32. The Balaban J connectivity index is 0.000000605. The maximum absolute atomic E-state index is 10.4. The summed E-state index contributed by atoms with van der Waals surface area (Å²) in [5, 5.41) is 3.35. The molecule has 0 bridgehead atoms. The molecule has 0 radical (unpaired) electrons. The molecule has 1 aliphatic carbocycles. The van der Waals surface area contributed by atoms with Crippen LogP contribution < -0.4 is 5.32 Å². The first-order valence-electron chi connectivity index (χ1n) is 4.06. The minimum atomic E-state index is 0. The smallest absolute Gasteiger partial charge is 0.123 e. The highest BCUT2D eigenvalue weighted by Crippen LogP contribution is 2.37. The quantitative estimate of drug-likeness (QED) is 0.599. The van der Waals surface area contributed by atoms with Crippen LogP contribution in [0.1, 0.15) is 12.8 Å². The number of rotatable bonds is 1. The van der Waals surface area contributed by atoms with Gasteiger partial charge in [0, 0.05) is 5.92 Å². The van der Waals surface area contributed by atoms with Gasteiger partial charge in [-0.15, -0.1) is 12.4 Å². The van der Waals surface area contributed by atoms with Gasteiger partial charge in [0.15, 0.2) is 0 Å². The van der Waals surface area contributed by atoms with Crippen LogP contribution in [0.5, 0.6) is 0 Å². The number of carbonyl (C=O) groups is 1. The number of aldehydes is 1. The highest BCUT2D eigenvalue weighted by Gasteiger charge is 2.36. The molecule has 0 amide bonds. The van der Waals surface area contributed by atoms with Crippen molar-refractivity contribution < 1.29 is 4.79 Å². The van der Waals surface area contributed by atoms with Crippen molar-refractivity contribution in [1.29, 1.82) is 0 Å². The van der Waals surface area contributed by atoms with Crippen LogP contribution in [0, 0.1) is 17.8 Å². The lowest BCUT2D eigenvalue weighted by atomic mass is 10.0. The van der Waals surface area contributed by atoms with E-state index in [0.717, 1.165) is 44.1 Å². The Kier molecular flexibility index (Phi) is 2.90. The summed E-state index contributed by atoms with van der Waals surface area (Å²) < 4.78 is 0. The van der Waals surface area contributed by atoms with Crippen molar-refractivity contribution in [3.63, 3.8) is 0 Å². The van der Waals surface area contributed by atoms with E-state index in [0.29, 0.717) is 5.92 Å². The van der Waals surface area contributed by atoms with Gasteiger partial charge in [-0.2, -0.15) is 0 Å². The first kappa shape index (κ1) is 9.01. The molecule has 1 saturated carbocycles. The maximum Gasteiger partial charge on any atom is 0.123 e. The molecular weight excluding hydrogens is 162 g/mol. The Morgan fingerprint density at radius 1 is 1.18 bits per heavy atom. The van der Waals surface area contributed by atoms with Gasteiger partial charge < -0.3 is 10.1 Å². The van der Waals surface area contributed by atoms with E-state index in [1.54, 1.807) is 0 Å². The van der Waals surface area contributed by atoms with E-state index in [1.165, 1.54) is 0 Å². The van der Waals surface area contributed by atoms with Crippen molar-refractivity contribution in [3.8, 4) is 0 Å². The van der Waals surface area contributed by atoms with Gasteiger partial charge in [-0.1, -0.05) is 0 Å². The van der Waals surface area contributed by atoms with Gasteiger partial charge in [0.2, 0.25) is 0 Å². The van der Waals surface area contributed by atoms with Crippen LogP contribution in [0.4, 0.5) is 0 Å². The van der Waals surface area contributed by atoms with E-state index < -0.39 is 0 Å². The topological polar surface area (TPSA) is 29.1 Å². The minimum Gasteiger partial charge on any atom is -0.316 e. The van der Waals surface area contributed by atoms with Crippen LogP contribution in [0.25, 0.3) is 0 Å². The fraction of sp³-hybridized carbons (Fsp3) is 0.875. The SMILES string of the molecule is Cl.O=CC1C[C@@H]2CNC[C@H]2C1. The second-order valence-electron chi connectivity index (χ2n) is 3.55. The number of hydrogen-bond acceptors (Lipinski definition) is 2. The second kappa shape index (κ2) is 3.55. The number of halogens is 1. The number of nitrogens with one attached hydrogen (secondary N) is 1. The fourth-order valence-electron chi connectivity index (χ4n) is 2.32. The van der Waals surface area contributed by atoms with Crippen molar-refractivity contribution in [2.24, 2.45) is 17.8 Å². The number of fused-ring (bicyclic) bond motifs is 1. The molecule has 11 heavy (non-hydrogen) atoms. The predicted octanol–water partition coefficient (Wildman–Crippen LogP) is 0.853. The molecule has 1 aliphatic heterocycles. The van der Waals surface area contributed by atoms with Crippen LogP contribution in [-0.2, 0) is 4.79 Å². The van der Waals surface area contributed by atoms with Crippen LogP contribution in [0.15, 0.2) is 0 Å². The third kappa shape index (κ3) is 1.57. The molecule has 2 atom stereocenters. The van der Waals surface area contributed by atoms with E-state index in [4.69, 9.17) is 0 Å². The van der Waals surface area contributed by atoms with E-state index in [1.807, 2.05) is 0 Å². The summed E-state index contributed by atoms with van der Waals surface area (Å²) in [6.07, 6.45) is 3.42. The molecule has 64 valence electrons. The summed E-state index contributed by atoms with van der Waals surface area (Å²) in [6.45, 7) is 2.30. The number of carbonyl (C=O) groups excluding carboxylic acids is 1. The van der Waals surface area contributed by atoms with Gasteiger partial charge >= 0.3 is 0 Å². The van der Waals surface area contributed by atoms with E-state index in [9.17, 15) is 4.79 Å². The van der Waals surface area contributed by atoms with E-state index in [2.05, 4.69) is 5.32 Å². The Hall–Kier alpha value is -0.0800. The normalized spacial score (nSPS) is 36.4. The van der Waals surface area contributed by atoms with Crippen molar-refractivity contribution in [2.45, 2.75) is 12.8 Å². The van der Waals surface area contributed by atoms with E-state index in [-0.39, 0.29) is 12.4 Å². The molecule has 1 N–H and O–H groups in total. The summed E-state index contributed by atoms with van der Waals surface area (Å²) >= 11 is 0. The molecule has 2 fully saturated rings. The van der Waals surface area contributed by atoms with Crippen LogP contribution >= 0.6 is 12.4 Å². The Bertz CT molecular complexity index is 139. The summed E-state index contributed by atoms with van der Waals surface area (Å²) in [4.78, 5) is 10.4. The molecule has 0 spiro atoms. The standard InChI is InChI=1S/C8H13NO.ClH/c10-5-6-1-7-3-9-4-8(7)2-6;/h5-9H,1-4H2;1H/t7-,8-;/m1./s1. The molecule has 2 nitrogen and oxygen atoms in total. The average Bonchev–Trinajstić information content (AvgIpc) is 2.42. The summed E-state index contributed by atoms with van der Waals surface area (Å²) in [7, 11) is 0. The second-order valence-corrected chi connectivity index (χ2v) is 3.55. The average molecular weight is 176 g/mol. The zero-order valence-electron chi connectivity index (χ0n) is 6.45. The molecule has 0 unspecified atom stereocenters. The number of hydrogen-bond donors (Lipinski definition) is 1. The van der Waals surface area contributed by atoms with Gasteiger partial charge in [-0.25, -0.2) is 0 Å². The molecule has 0 aromatic carbocycles. The highest BCUT2D eigenvalue weighted by atomic mass is 35.5. The third-order valence-electron chi connectivity index (χ3n) is 2.88. The highest BCUT2D eigenvalue weighted by molar-refractivity contribution is 5.85. The van der Waals surface area contributed by atoms with Crippen LogP contribution in [0.3, 0.4) is 0 Å². The van der Waals surface area contributed by atoms with Crippen molar-refractivity contribution in [2.75, 3.05) is 13.1 Å². The minimum absolute atomic E-state index is 0. The molecule has 0 aromatic rings. The Labute approximate surface area is 73.1 Å².